The molecule has 3 aliphatic carbocycles. The monoisotopic (exact) mass is 307 g/mol. The zero-order valence-corrected chi connectivity index (χ0v) is 13.3. The first-order valence-electron chi connectivity index (χ1n) is 8.18. The zero-order valence-electron chi connectivity index (χ0n) is 11.7. The summed E-state index contributed by atoms with van der Waals surface area (Å²) < 4.78 is 0. The molecule has 3 saturated carbocycles. The van der Waals surface area contributed by atoms with Gasteiger partial charge in [0.05, 0.1) is 5.03 Å². The van der Waals surface area contributed by atoms with Gasteiger partial charge >= 0.3 is 4.87 Å². The molecule has 1 aromatic heterocycles. The van der Waals surface area contributed by atoms with Crippen LogP contribution in [0.3, 0.4) is 0 Å². The summed E-state index contributed by atoms with van der Waals surface area (Å²) in [6.45, 7) is 0. The van der Waals surface area contributed by atoms with Gasteiger partial charge in [-0.2, -0.15) is 0 Å². The van der Waals surface area contributed by atoms with Crippen LogP contribution in [-0.4, -0.2) is 10.2 Å². The van der Waals surface area contributed by atoms with Crippen LogP contribution in [0.15, 0.2) is 9.82 Å². The van der Waals surface area contributed by atoms with E-state index in [1.54, 1.807) is 0 Å². The topological polar surface area (TPSA) is 32.9 Å². The van der Waals surface area contributed by atoms with Crippen molar-refractivity contribution >= 4 is 23.1 Å². The molecule has 5 rings (SSSR count). The van der Waals surface area contributed by atoms with Crippen LogP contribution in [0, 0.1) is 17.8 Å². The number of hydrogen-bond acceptors (Lipinski definition) is 3. The minimum atomic E-state index is 0.180. The highest BCUT2D eigenvalue weighted by molar-refractivity contribution is 8.00. The lowest BCUT2D eigenvalue weighted by Gasteiger charge is -2.51. The first-order chi connectivity index (χ1) is 9.78. The van der Waals surface area contributed by atoms with Crippen LogP contribution in [0.1, 0.15) is 56.2 Å². The number of aromatic nitrogens is 1. The van der Waals surface area contributed by atoms with Crippen LogP contribution in [0.25, 0.3) is 0 Å². The Hall–Kier alpha value is -0.220. The van der Waals surface area contributed by atoms with E-state index in [1.807, 2.05) is 11.8 Å². The van der Waals surface area contributed by atoms with E-state index in [-0.39, 0.29) is 4.87 Å². The molecule has 2 nitrogen and oxygen atoms in total. The van der Waals surface area contributed by atoms with Gasteiger partial charge in [0.25, 0.3) is 0 Å². The Morgan fingerprint density at radius 1 is 1.10 bits per heavy atom. The molecule has 20 heavy (non-hydrogen) atoms. The smallest absolute Gasteiger partial charge is 0.305 e. The maximum atomic E-state index is 11.9. The molecule has 1 aliphatic heterocycles. The number of thiazole rings is 1. The highest BCUT2D eigenvalue weighted by Crippen LogP contribution is 2.67. The minimum Gasteiger partial charge on any atom is -0.307 e. The average molecular weight is 307 g/mol. The van der Waals surface area contributed by atoms with Crippen molar-refractivity contribution in [3.63, 3.8) is 0 Å². The summed E-state index contributed by atoms with van der Waals surface area (Å²) in [5.41, 5.74) is 0.382. The van der Waals surface area contributed by atoms with Gasteiger partial charge in [-0.25, -0.2) is 0 Å². The summed E-state index contributed by atoms with van der Waals surface area (Å²) in [7, 11) is 0. The van der Waals surface area contributed by atoms with Crippen molar-refractivity contribution in [1.82, 2.24) is 4.98 Å². The molecule has 4 heteroatoms. The molecule has 2 heterocycles. The Morgan fingerprint density at radius 3 is 2.75 bits per heavy atom. The summed E-state index contributed by atoms with van der Waals surface area (Å²) in [4.78, 5) is 16.7. The van der Waals surface area contributed by atoms with Crippen LogP contribution < -0.4 is 4.87 Å². The zero-order chi connectivity index (χ0) is 13.3. The van der Waals surface area contributed by atoms with Crippen LogP contribution >= 0.6 is 23.1 Å². The lowest BCUT2D eigenvalue weighted by Crippen LogP contribution is -2.47. The van der Waals surface area contributed by atoms with Crippen molar-refractivity contribution in [1.29, 1.82) is 0 Å². The standard InChI is InChI=1S/C16H21NOS2/c18-15-17-14-13(20-15)16(6-2-1-3-7-16)11-9-4-5-10(8-9)12(11)19-14/h9-12H,1-8H2,(H,17,18)/t9-,10+,11+,12+/m1/s1. The summed E-state index contributed by atoms with van der Waals surface area (Å²) >= 11 is 3.57. The third-order valence-electron chi connectivity index (χ3n) is 6.55. The molecule has 1 aromatic rings. The lowest BCUT2D eigenvalue weighted by molar-refractivity contribution is 0.135. The first kappa shape index (κ1) is 12.3. The quantitative estimate of drug-likeness (QED) is 0.780. The molecule has 1 spiro atoms. The van der Waals surface area contributed by atoms with E-state index in [0.29, 0.717) is 5.41 Å². The fourth-order valence-electron chi connectivity index (χ4n) is 5.93. The number of aromatic amines is 1. The maximum Gasteiger partial charge on any atom is 0.305 e. The minimum absolute atomic E-state index is 0.180. The molecule has 0 saturated heterocycles. The van der Waals surface area contributed by atoms with Crippen molar-refractivity contribution in [3.8, 4) is 0 Å². The molecule has 3 fully saturated rings. The normalized spacial score (nSPS) is 40.8. The van der Waals surface area contributed by atoms with E-state index in [0.717, 1.165) is 23.0 Å². The Kier molecular flexibility index (Phi) is 2.57. The number of hydrogen-bond donors (Lipinski definition) is 1. The lowest BCUT2D eigenvalue weighted by atomic mass is 9.60. The van der Waals surface area contributed by atoms with E-state index < -0.39 is 0 Å². The van der Waals surface area contributed by atoms with E-state index in [9.17, 15) is 4.79 Å². The number of H-pyrrole nitrogens is 1. The van der Waals surface area contributed by atoms with Crippen LogP contribution in [-0.2, 0) is 5.41 Å². The molecule has 0 unspecified atom stereocenters. The average Bonchev–Trinajstić information content (AvgIpc) is 3.14. The molecule has 0 amide bonds. The molecule has 108 valence electrons. The Bertz CT molecular complexity index is 598. The predicted octanol–water partition coefficient (Wildman–Crippen LogP) is 4.16. The molecule has 0 radical (unpaired) electrons. The number of thioether (sulfide) groups is 1. The van der Waals surface area contributed by atoms with Gasteiger partial charge in [0.15, 0.2) is 0 Å². The largest absolute Gasteiger partial charge is 0.307 e. The van der Waals surface area contributed by atoms with E-state index in [4.69, 9.17) is 0 Å². The second-order valence-corrected chi connectivity index (χ2v) is 9.50. The fourth-order valence-corrected chi connectivity index (χ4v) is 9.09. The summed E-state index contributed by atoms with van der Waals surface area (Å²) in [5, 5.41) is 2.07. The third-order valence-corrected chi connectivity index (χ3v) is 9.27. The van der Waals surface area contributed by atoms with Gasteiger partial charge in [0.2, 0.25) is 0 Å². The van der Waals surface area contributed by atoms with Gasteiger partial charge < -0.3 is 4.98 Å². The van der Waals surface area contributed by atoms with Crippen LogP contribution in [0.2, 0.25) is 0 Å². The molecule has 4 aliphatic rings. The van der Waals surface area contributed by atoms with Gasteiger partial charge in [-0.15, -0.1) is 11.8 Å². The predicted molar refractivity (Wildman–Crippen MR) is 83.7 cm³/mol. The van der Waals surface area contributed by atoms with Gasteiger partial charge in [-0.3, -0.25) is 4.79 Å². The SMILES string of the molecule is O=c1[nH]c2c(s1)C1(CCCCC1)[C@H]1[C@@H]3CC[C@@H](C3)[C@@H]1S2. The number of nitrogens with one attached hydrogen (secondary N) is 1. The van der Waals surface area contributed by atoms with E-state index >= 15 is 0 Å². The fraction of sp³-hybridized carbons (Fsp3) is 0.812. The summed E-state index contributed by atoms with van der Waals surface area (Å²) in [6.07, 6.45) is 11.2. The second-order valence-electron chi connectivity index (χ2n) is 7.33. The van der Waals surface area contributed by atoms with Crippen molar-refractivity contribution < 1.29 is 0 Å². The van der Waals surface area contributed by atoms with Gasteiger partial charge in [-0.1, -0.05) is 30.6 Å². The molecule has 4 atom stereocenters. The van der Waals surface area contributed by atoms with Gasteiger partial charge in [0.1, 0.15) is 0 Å². The van der Waals surface area contributed by atoms with Crippen molar-refractivity contribution in [3.05, 3.63) is 14.5 Å². The second kappa shape index (κ2) is 4.16. The third kappa shape index (κ3) is 1.45. The van der Waals surface area contributed by atoms with Gasteiger partial charge in [-0.05, 0) is 49.9 Å². The summed E-state index contributed by atoms with van der Waals surface area (Å²) in [6, 6.07) is 0. The highest BCUT2D eigenvalue weighted by Gasteiger charge is 2.60. The molecule has 0 aromatic carbocycles. The Labute approximate surface area is 127 Å². The van der Waals surface area contributed by atoms with Gasteiger partial charge in [0, 0.05) is 15.5 Å². The molecule has 1 N–H and O–H groups in total. The number of rotatable bonds is 0. The molecule has 2 bridgehead atoms. The Balaban J connectivity index is 1.70. The van der Waals surface area contributed by atoms with E-state index in [2.05, 4.69) is 4.98 Å². The Morgan fingerprint density at radius 2 is 1.90 bits per heavy atom. The van der Waals surface area contributed by atoms with Crippen molar-refractivity contribution in [2.45, 2.75) is 67.1 Å². The first-order valence-corrected chi connectivity index (χ1v) is 9.88. The summed E-state index contributed by atoms with van der Waals surface area (Å²) in [5.74, 6) is 2.77. The molecular weight excluding hydrogens is 286 g/mol. The number of fused-ring (bicyclic) bond motifs is 8. The molecular formula is C16H21NOS2. The van der Waals surface area contributed by atoms with Crippen LogP contribution in [0.5, 0.6) is 0 Å². The van der Waals surface area contributed by atoms with Crippen molar-refractivity contribution in [2.24, 2.45) is 17.8 Å². The highest BCUT2D eigenvalue weighted by atomic mass is 32.2. The van der Waals surface area contributed by atoms with Crippen LogP contribution in [0.4, 0.5) is 0 Å². The van der Waals surface area contributed by atoms with Crippen molar-refractivity contribution in [2.75, 3.05) is 0 Å². The maximum absolute atomic E-state index is 11.9. The van der Waals surface area contributed by atoms with E-state index in [1.165, 1.54) is 72.6 Å².